The first-order valence-corrected chi connectivity index (χ1v) is 12.9. The van der Waals surface area contributed by atoms with E-state index in [0.29, 0.717) is 45.1 Å². The van der Waals surface area contributed by atoms with Crippen LogP contribution in [-0.4, -0.2) is 36.2 Å². The Bertz CT molecular complexity index is 1720. The molecule has 0 amide bonds. The van der Waals surface area contributed by atoms with Crippen molar-refractivity contribution in [3.63, 3.8) is 0 Å². The zero-order chi connectivity index (χ0) is 26.8. The van der Waals surface area contributed by atoms with Crippen LogP contribution in [0.3, 0.4) is 0 Å². The Hall–Kier alpha value is -4.11. The van der Waals surface area contributed by atoms with E-state index in [1.807, 2.05) is 50.2 Å². The van der Waals surface area contributed by atoms with Gasteiger partial charge >= 0.3 is 0 Å². The largest absolute Gasteiger partial charge is 0.496 e. The van der Waals surface area contributed by atoms with Crippen molar-refractivity contribution in [2.45, 2.75) is 26.4 Å². The van der Waals surface area contributed by atoms with Gasteiger partial charge in [-0.25, -0.2) is 4.98 Å². The molecule has 0 aliphatic heterocycles. The Morgan fingerprint density at radius 3 is 2.61 bits per heavy atom. The highest BCUT2D eigenvalue weighted by atomic mass is 79.9. The average molecular weight is 576 g/mol. The van der Waals surface area contributed by atoms with Gasteiger partial charge in [0, 0.05) is 10.0 Å². The van der Waals surface area contributed by atoms with Crippen molar-refractivity contribution in [1.82, 2.24) is 9.66 Å². The lowest BCUT2D eigenvalue weighted by Crippen LogP contribution is -2.20. The fourth-order valence-corrected chi connectivity index (χ4v) is 4.53. The van der Waals surface area contributed by atoms with Crippen molar-refractivity contribution in [1.29, 1.82) is 0 Å². The summed E-state index contributed by atoms with van der Waals surface area (Å²) in [6, 6.07) is 18.1. The van der Waals surface area contributed by atoms with Gasteiger partial charge in [0.15, 0.2) is 17.3 Å². The summed E-state index contributed by atoms with van der Waals surface area (Å²) in [5, 5.41) is 5.80. The number of rotatable bonds is 8. The van der Waals surface area contributed by atoms with E-state index in [4.69, 9.17) is 23.6 Å². The van der Waals surface area contributed by atoms with Crippen molar-refractivity contribution in [3.8, 4) is 28.8 Å². The maximum atomic E-state index is 13.7. The molecule has 0 radical (unpaired) electrons. The highest BCUT2D eigenvalue weighted by molar-refractivity contribution is 9.10. The molecule has 194 valence electrons. The van der Waals surface area contributed by atoms with Crippen LogP contribution < -0.4 is 19.8 Å². The van der Waals surface area contributed by atoms with Gasteiger partial charge in [0.05, 0.1) is 42.8 Å². The predicted octanol–water partition coefficient (Wildman–Crippen LogP) is 6.65. The lowest BCUT2D eigenvalue weighted by Gasteiger charge is -2.18. The van der Waals surface area contributed by atoms with Crippen molar-refractivity contribution >= 4 is 44.0 Å². The molecular formula is C29H26BrN3O5. The number of benzene rings is 3. The van der Waals surface area contributed by atoms with Crippen LogP contribution in [0.25, 0.3) is 33.5 Å². The Morgan fingerprint density at radius 2 is 1.84 bits per heavy atom. The highest BCUT2D eigenvalue weighted by Gasteiger charge is 2.19. The van der Waals surface area contributed by atoms with Crippen LogP contribution in [0.4, 0.5) is 0 Å². The third kappa shape index (κ3) is 4.77. The van der Waals surface area contributed by atoms with Gasteiger partial charge in [0.1, 0.15) is 11.3 Å². The number of ether oxygens (including phenoxy) is 3. The molecule has 0 aliphatic carbocycles. The SMILES string of the molecule is CC[C@@H](C)Oc1c(C=Nn2c(-c3cc4c(OC)cccc4o3)nc3ccccc3c2=O)cc(Br)cc1OC. The Balaban J connectivity index is 1.72. The molecule has 0 spiro atoms. The minimum absolute atomic E-state index is 0.0524. The number of hydrogen-bond acceptors (Lipinski definition) is 7. The molecule has 8 nitrogen and oxygen atoms in total. The summed E-state index contributed by atoms with van der Waals surface area (Å²) in [6.07, 6.45) is 2.32. The summed E-state index contributed by atoms with van der Waals surface area (Å²) in [5.74, 6) is 2.38. The van der Waals surface area contributed by atoms with Crippen molar-refractivity contribution in [2.24, 2.45) is 5.10 Å². The second-order valence-electron chi connectivity index (χ2n) is 8.66. The van der Waals surface area contributed by atoms with E-state index in [-0.39, 0.29) is 17.5 Å². The molecule has 0 unspecified atom stereocenters. The molecule has 0 aliphatic rings. The second kappa shape index (κ2) is 10.7. The van der Waals surface area contributed by atoms with E-state index < -0.39 is 0 Å². The van der Waals surface area contributed by atoms with Crippen molar-refractivity contribution in [2.75, 3.05) is 14.2 Å². The van der Waals surface area contributed by atoms with Gasteiger partial charge < -0.3 is 18.6 Å². The first-order valence-electron chi connectivity index (χ1n) is 12.1. The van der Waals surface area contributed by atoms with Crippen LogP contribution in [0.2, 0.25) is 0 Å². The molecule has 0 bridgehead atoms. The standard InChI is InChI=1S/C29H26BrN3O5/c1-5-17(2)37-27-18(13-19(30)14-25(27)36-4)16-31-33-28(32-22-10-7-6-9-20(22)29(33)34)26-15-21-23(35-3)11-8-12-24(21)38-26/h6-17H,5H2,1-4H3/t17-/m1/s1. The maximum Gasteiger partial charge on any atom is 0.282 e. The van der Waals surface area contributed by atoms with E-state index in [1.165, 1.54) is 4.68 Å². The maximum absolute atomic E-state index is 13.7. The molecule has 0 N–H and O–H groups in total. The Kier molecular flexibility index (Phi) is 7.20. The molecular weight excluding hydrogens is 550 g/mol. The minimum atomic E-state index is -0.333. The first-order chi connectivity index (χ1) is 18.4. The number of methoxy groups -OCH3 is 2. The summed E-state index contributed by atoms with van der Waals surface area (Å²) < 4.78 is 25.4. The number of furan rings is 1. The van der Waals surface area contributed by atoms with E-state index in [0.717, 1.165) is 16.3 Å². The number of fused-ring (bicyclic) bond motifs is 2. The molecule has 0 saturated carbocycles. The summed E-state index contributed by atoms with van der Waals surface area (Å²) in [4.78, 5) is 18.4. The van der Waals surface area contributed by atoms with Gasteiger partial charge in [-0.15, -0.1) is 0 Å². The smallest absolute Gasteiger partial charge is 0.282 e. The molecule has 3 aromatic carbocycles. The highest BCUT2D eigenvalue weighted by Crippen LogP contribution is 2.36. The fraction of sp³-hybridized carbons (Fsp3) is 0.207. The fourth-order valence-electron chi connectivity index (χ4n) is 4.08. The second-order valence-corrected chi connectivity index (χ2v) is 9.58. The summed E-state index contributed by atoms with van der Waals surface area (Å²) in [7, 11) is 3.18. The van der Waals surface area contributed by atoms with Crippen molar-refractivity contribution < 1.29 is 18.6 Å². The molecule has 9 heteroatoms. The molecule has 5 aromatic rings. The van der Waals surface area contributed by atoms with Gasteiger partial charge in [-0.2, -0.15) is 9.78 Å². The zero-order valence-corrected chi connectivity index (χ0v) is 23.0. The van der Waals surface area contributed by atoms with E-state index in [1.54, 1.807) is 44.7 Å². The van der Waals surface area contributed by atoms with E-state index in [2.05, 4.69) is 21.0 Å². The number of halogens is 1. The third-order valence-corrected chi connectivity index (χ3v) is 6.65. The third-order valence-electron chi connectivity index (χ3n) is 6.19. The van der Waals surface area contributed by atoms with Gasteiger partial charge in [0.25, 0.3) is 5.56 Å². The number of hydrogen-bond donors (Lipinski definition) is 0. The predicted molar refractivity (Wildman–Crippen MR) is 152 cm³/mol. The summed E-state index contributed by atoms with van der Waals surface area (Å²) in [6.45, 7) is 4.02. The van der Waals surface area contributed by atoms with Gasteiger partial charge in [0.2, 0.25) is 5.82 Å². The van der Waals surface area contributed by atoms with Gasteiger partial charge in [-0.1, -0.05) is 41.1 Å². The van der Waals surface area contributed by atoms with Crippen LogP contribution in [-0.2, 0) is 0 Å². The number of nitrogens with zero attached hydrogens (tertiary/aromatic N) is 3. The summed E-state index contributed by atoms with van der Waals surface area (Å²) >= 11 is 3.52. The zero-order valence-electron chi connectivity index (χ0n) is 21.4. The van der Waals surface area contributed by atoms with Crippen LogP contribution in [0, 0.1) is 0 Å². The van der Waals surface area contributed by atoms with Crippen LogP contribution >= 0.6 is 15.9 Å². The monoisotopic (exact) mass is 575 g/mol. The van der Waals surface area contributed by atoms with Gasteiger partial charge in [-0.3, -0.25) is 4.79 Å². The lowest BCUT2D eigenvalue weighted by molar-refractivity contribution is 0.207. The normalized spacial score (nSPS) is 12.3. The molecule has 0 saturated heterocycles. The van der Waals surface area contributed by atoms with Crippen LogP contribution in [0.1, 0.15) is 25.8 Å². The molecule has 0 fully saturated rings. The van der Waals surface area contributed by atoms with Gasteiger partial charge in [-0.05, 0) is 55.8 Å². The Labute approximate surface area is 227 Å². The molecule has 1 atom stereocenters. The Morgan fingerprint density at radius 1 is 1.05 bits per heavy atom. The average Bonchev–Trinajstić information content (AvgIpc) is 3.37. The first kappa shape index (κ1) is 25.5. The molecule has 2 heterocycles. The number of para-hydroxylation sites is 1. The lowest BCUT2D eigenvalue weighted by atomic mass is 10.2. The van der Waals surface area contributed by atoms with E-state index in [9.17, 15) is 4.79 Å². The molecule has 38 heavy (non-hydrogen) atoms. The van der Waals surface area contributed by atoms with Crippen molar-refractivity contribution in [3.05, 3.63) is 81.1 Å². The molecule has 5 rings (SSSR count). The topological polar surface area (TPSA) is 88.1 Å². The van der Waals surface area contributed by atoms with Crippen LogP contribution in [0.15, 0.2) is 79.4 Å². The van der Waals surface area contributed by atoms with E-state index >= 15 is 0 Å². The quantitative estimate of drug-likeness (QED) is 0.192. The van der Waals surface area contributed by atoms with Crippen LogP contribution in [0.5, 0.6) is 17.2 Å². The summed E-state index contributed by atoms with van der Waals surface area (Å²) in [5.41, 5.74) is 1.45. The molecule has 2 aromatic heterocycles. The number of aromatic nitrogens is 2. The minimum Gasteiger partial charge on any atom is -0.496 e.